The number of aliphatic hydroxyl groups excluding tert-OH is 3. The van der Waals surface area contributed by atoms with Crippen molar-refractivity contribution in [3.05, 3.63) is 97.2 Å². The minimum atomic E-state index is -5.08. The molecule has 1 heterocycles. The number of carbonyl (C=O) groups excluding carboxylic acids is 1. The van der Waals surface area contributed by atoms with E-state index < -0.39 is 59.8 Å². The van der Waals surface area contributed by atoms with Crippen LogP contribution in [0.1, 0.15) is 129 Å². The van der Waals surface area contributed by atoms with Crippen molar-refractivity contribution in [2.24, 2.45) is 0 Å². The van der Waals surface area contributed by atoms with E-state index in [1.54, 1.807) is 0 Å². The van der Waals surface area contributed by atoms with Gasteiger partial charge in [0.1, 0.15) is 30.5 Å². The monoisotopic (exact) mass is 865 g/mol. The van der Waals surface area contributed by atoms with Crippen LogP contribution in [0.4, 0.5) is 0 Å². The van der Waals surface area contributed by atoms with Crippen LogP contribution in [0.3, 0.4) is 0 Å². The quantitative estimate of drug-likeness (QED) is 0.0204. The number of ether oxygens (including phenoxy) is 4. The number of carbonyl (C=O) groups is 1. The van der Waals surface area contributed by atoms with Crippen molar-refractivity contribution in [3.8, 4) is 0 Å². The van der Waals surface area contributed by atoms with E-state index in [4.69, 9.17) is 23.5 Å². The second kappa shape index (κ2) is 37.8. The average Bonchev–Trinajstić information content (AvgIpc) is 3.22. The molecule has 1 rings (SSSR count). The van der Waals surface area contributed by atoms with Gasteiger partial charge in [0.05, 0.1) is 26.4 Å². The van der Waals surface area contributed by atoms with Crippen LogP contribution in [0.2, 0.25) is 0 Å². The fraction of sp³-hybridized carbons (Fsp3) is 0.638. The van der Waals surface area contributed by atoms with E-state index in [9.17, 15) is 28.5 Å². The Labute approximate surface area is 361 Å². The van der Waals surface area contributed by atoms with E-state index in [-0.39, 0.29) is 19.6 Å². The van der Waals surface area contributed by atoms with Crippen LogP contribution < -0.4 is 0 Å². The van der Waals surface area contributed by atoms with Crippen molar-refractivity contribution in [2.45, 2.75) is 166 Å². The van der Waals surface area contributed by atoms with E-state index >= 15 is 0 Å². The summed E-state index contributed by atoms with van der Waals surface area (Å²) in [6, 6.07) is 0. The Balaban J connectivity index is 2.51. The molecule has 1 aliphatic rings. The highest BCUT2D eigenvalue weighted by molar-refractivity contribution is 7.80. The summed E-state index contributed by atoms with van der Waals surface area (Å²) in [6.07, 6.45) is 41.8. The molecule has 0 aromatic carbocycles. The summed E-state index contributed by atoms with van der Waals surface area (Å²) in [7, 11) is -5.08. The number of hydrogen-bond acceptors (Lipinski definition) is 11. The number of aliphatic hydroxyl groups is 3. The molecule has 0 radical (unpaired) electrons. The van der Waals surface area contributed by atoms with Gasteiger partial charge in [0.15, 0.2) is 6.29 Å². The smallest absolute Gasteiger partial charge is 0.397 e. The molecular weight excluding hydrogens is 789 g/mol. The maximum Gasteiger partial charge on any atom is 0.397 e. The van der Waals surface area contributed by atoms with E-state index in [2.05, 4.69) is 103 Å². The zero-order valence-electron chi connectivity index (χ0n) is 36.2. The maximum absolute atomic E-state index is 12.8. The van der Waals surface area contributed by atoms with Crippen molar-refractivity contribution in [1.29, 1.82) is 0 Å². The van der Waals surface area contributed by atoms with Crippen LogP contribution in [0.5, 0.6) is 0 Å². The van der Waals surface area contributed by atoms with Crippen LogP contribution in [-0.2, 0) is 38.3 Å². The van der Waals surface area contributed by atoms with Gasteiger partial charge in [-0.15, -0.1) is 0 Å². The molecule has 1 saturated heterocycles. The molecule has 0 spiro atoms. The molecule has 1 aliphatic heterocycles. The molecule has 0 aromatic heterocycles. The van der Waals surface area contributed by atoms with Crippen molar-refractivity contribution >= 4 is 16.4 Å². The molecular formula is C47H76O12S. The van der Waals surface area contributed by atoms with Crippen LogP contribution in [-0.4, -0.2) is 97.5 Å². The first-order valence-corrected chi connectivity index (χ1v) is 23.4. The number of unbranched alkanes of at least 4 members (excludes halogenated alkanes) is 7. The van der Waals surface area contributed by atoms with E-state index in [1.165, 1.54) is 6.42 Å². The van der Waals surface area contributed by atoms with Crippen LogP contribution in [0, 0.1) is 0 Å². The van der Waals surface area contributed by atoms with Gasteiger partial charge < -0.3 is 34.3 Å². The largest absolute Gasteiger partial charge is 0.457 e. The molecule has 0 amide bonds. The first-order valence-electron chi connectivity index (χ1n) is 22.0. The summed E-state index contributed by atoms with van der Waals surface area (Å²) in [4.78, 5) is 12.8. The Morgan fingerprint density at radius 1 is 0.633 bits per heavy atom. The molecule has 0 aromatic rings. The second-order valence-corrected chi connectivity index (χ2v) is 15.6. The summed E-state index contributed by atoms with van der Waals surface area (Å²) >= 11 is 0. The number of rotatable bonds is 36. The number of esters is 1. The summed E-state index contributed by atoms with van der Waals surface area (Å²) in [5, 5.41) is 30.6. The lowest BCUT2D eigenvalue weighted by molar-refractivity contribution is -0.301. The molecule has 0 bridgehead atoms. The molecule has 6 unspecified atom stereocenters. The molecule has 60 heavy (non-hydrogen) atoms. The van der Waals surface area contributed by atoms with Gasteiger partial charge in [0, 0.05) is 6.42 Å². The zero-order chi connectivity index (χ0) is 43.9. The topological polar surface area (TPSA) is 178 Å². The van der Waals surface area contributed by atoms with Gasteiger partial charge >= 0.3 is 16.4 Å². The minimum Gasteiger partial charge on any atom is -0.457 e. The van der Waals surface area contributed by atoms with E-state index in [1.807, 2.05) is 12.2 Å². The molecule has 0 saturated carbocycles. The Morgan fingerprint density at radius 3 is 1.60 bits per heavy atom. The van der Waals surface area contributed by atoms with Crippen LogP contribution in [0.15, 0.2) is 97.2 Å². The molecule has 0 aliphatic carbocycles. The highest BCUT2D eigenvalue weighted by Crippen LogP contribution is 2.26. The number of hydrogen-bond donors (Lipinski definition) is 4. The molecule has 12 nitrogen and oxygen atoms in total. The molecule has 13 heteroatoms. The summed E-state index contributed by atoms with van der Waals surface area (Å²) < 4.78 is 58.9. The predicted octanol–water partition coefficient (Wildman–Crippen LogP) is 9.07. The standard InChI is InChI=1S/C47H76O12S/c1-3-5-7-9-11-13-15-17-19-21-22-24-26-28-30-32-34-36-43(49)57-41(40-56-47-45(51)46(59-60(52,53)54)44(50)42(38-48)58-47)39-55-37-35-33-31-29-27-25-23-20-18-16-14-12-10-8-6-4-2/h5-8,11-14,17-20,25,27,31,33,41-42,44-48,50-51H,3-4,9-10,15-16,21-24,26,28-30,32,34-40H2,1-2H3,(H,52,53,54)/b7-5-,8-6-,13-11-,14-12-,19-17-,20-18-,27-25-,33-31-. The maximum atomic E-state index is 12.8. The van der Waals surface area contributed by atoms with Gasteiger partial charge in [-0.05, 0) is 77.0 Å². The SMILES string of the molecule is CC/C=C\C/C=C\C/C=C\C/C=C\C/C=C\CCOCC(COC1OC(CO)C(O)C(OS(=O)(=O)O)C1O)OC(=O)CCCCCCCCC/C=C\C/C=C\C/C=C\CC. The van der Waals surface area contributed by atoms with Crippen molar-refractivity contribution in [2.75, 3.05) is 26.4 Å². The fourth-order valence-electron chi connectivity index (χ4n) is 5.98. The van der Waals surface area contributed by atoms with Gasteiger partial charge in [-0.3, -0.25) is 9.35 Å². The Morgan fingerprint density at radius 2 is 1.10 bits per heavy atom. The van der Waals surface area contributed by atoms with Crippen LogP contribution >= 0.6 is 0 Å². The van der Waals surface area contributed by atoms with Gasteiger partial charge in [-0.2, -0.15) is 8.42 Å². The third kappa shape index (κ3) is 31.0. The Kier molecular flexibility index (Phi) is 34.6. The lowest BCUT2D eigenvalue weighted by Gasteiger charge is -2.41. The van der Waals surface area contributed by atoms with E-state index in [0.717, 1.165) is 89.9 Å². The average molecular weight is 865 g/mol. The zero-order valence-corrected chi connectivity index (χ0v) is 37.0. The van der Waals surface area contributed by atoms with Gasteiger partial charge in [0.2, 0.25) is 0 Å². The summed E-state index contributed by atoms with van der Waals surface area (Å²) in [6.45, 7) is 3.50. The third-order valence-corrected chi connectivity index (χ3v) is 9.69. The van der Waals surface area contributed by atoms with Gasteiger partial charge in [0.25, 0.3) is 0 Å². The Bertz CT molecular complexity index is 1410. The lowest BCUT2D eigenvalue weighted by atomic mass is 9.99. The van der Waals surface area contributed by atoms with Crippen molar-refractivity contribution in [3.63, 3.8) is 0 Å². The molecule has 342 valence electrons. The van der Waals surface area contributed by atoms with Crippen molar-refractivity contribution in [1.82, 2.24) is 0 Å². The number of allylic oxidation sites excluding steroid dienone is 15. The van der Waals surface area contributed by atoms with Crippen LogP contribution in [0.25, 0.3) is 0 Å². The highest BCUT2D eigenvalue weighted by atomic mass is 32.3. The predicted molar refractivity (Wildman–Crippen MR) is 238 cm³/mol. The fourth-order valence-corrected chi connectivity index (χ4v) is 6.49. The molecule has 1 fully saturated rings. The summed E-state index contributed by atoms with van der Waals surface area (Å²) in [5.41, 5.74) is 0. The molecule has 4 N–H and O–H groups in total. The highest BCUT2D eigenvalue weighted by Gasteiger charge is 2.48. The summed E-state index contributed by atoms with van der Waals surface area (Å²) in [5.74, 6) is -0.439. The minimum absolute atomic E-state index is 0.0290. The molecule has 6 atom stereocenters. The first-order chi connectivity index (χ1) is 29.1. The van der Waals surface area contributed by atoms with Gasteiger partial charge in [-0.1, -0.05) is 143 Å². The van der Waals surface area contributed by atoms with Gasteiger partial charge in [-0.25, -0.2) is 4.18 Å². The lowest BCUT2D eigenvalue weighted by Crippen LogP contribution is -2.60. The second-order valence-electron chi connectivity index (χ2n) is 14.5. The van der Waals surface area contributed by atoms with Crippen molar-refractivity contribution < 1.29 is 56.2 Å². The third-order valence-electron chi connectivity index (χ3n) is 9.22. The normalized spacial score (nSPS) is 21.2. The first kappa shape index (κ1) is 55.0. The van der Waals surface area contributed by atoms with E-state index in [0.29, 0.717) is 19.4 Å². The Hall–Kier alpha value is -2.98.